The molecule has 4 N–H and O–H groups in total. The third kappa shape index (κ3) is 4.65. The van der Waals surface area contributed by atoms with Gasteiger partial charge in [0.05, 0.1) is 5.51 Å². The highest BCUT2D eigenvalue weighted by Crippen LogP contribution is 2.23. The Morgan fingerprint density at radius 2 is 2.10 bits per heavy atom. The molecule has 1 saturated heterocycles. The lowest BCUT2D eigenvalue weighted by Gasteiger charge is -2.29. The van der Waals surface area contributed by atoms with Gasteiger partial charge in [-0.25, -0.2) is 9.97 Å². The molecule has 1 aromatic carbocycles. The van der Waals surface area contributed by atoms with Gasteiger partial charge in [0.1, 0.15) is 16.5 Å². The maximum atomic E-state index is 12.7. The average molecular weight is 411 g/mol. The number of nitrogens with two attached hydrogens (primary N) is 1. The zero-order valence-electron chi connectivity index (χ0n) is 16.5. The molecule has 1 aliphatic rings. The van der Waals surface area contributed by atoms with Crippen LogP contribution >= 0.6 is 11.3 Å². The van der Waals surface area contributed by atoms with Crippen LogP contribution < -0.4 is 16.4 Å². The van der Waals surface area contributed by atoms with Crippen LogP contribution in [0.2, 0.25) is 0 Å². The third-order valence-electron chi connectivity index (χ3n) is 5.48. The van der Waals surface area contributed by atoms with E-state index >= 15 is 0 Å². The molecule has 1 fully saturated rings. The summed E-state index contributed by atoms with van der Waals surface area (Å²) in [4.78, 5) is 24.1. The van der Waals surface area contributed by atoms with E-state index in [0.29, 0.717) is 29.0 Å². The number of carbonyl (C=O) groups excluding carboxylic acids is 1. The fourth-order valence-electron chi connectivity index (χ4n) is 3.66. The highest BCUT2D eigenvalue weighted by atomic mass is 32.1. The maximum Gasteiger partial charge on any atom is 0.265 e. The van der Waals surface area contributed by atoms with Crippen molar-refractivity contribution in [2.24, 2.45) is 5.92 Å². The number of thiazole rings is 1. The van der Waals surface area contributed by atoms with Crippen LogP contribution in [0, 0.1) is 5.92 Å². The van der Waals surface area contributed by atoms with E-state index < -0.39 is 0 Å². The molecule has 2 aromatic heterocycles. The van der Waals surface area contributed by atoms with Crippen molar-refractivity contribution in [2.45, 2.75) is 19.4 Å². The molecule has 8 heteroatoms. The summed E-state index contributed by atoms with van der Waals surface area (Å²) in [6, 6.07) is 7.86. The molecule has 3 aromatic rings. The minimum absolute atomic E-state index is 0.104. The number of carbonyl (C=O) groups is 1. The third-order valence-corrected chi connectivity index (χ3v) is 6.31. The van der Waals surface area contributed by atoms with E-state index in [4.69, 9.17) is 5.73 Å². The summed E-state index contributed by atoms with van der Waals surface area (Å²) < 4.78 is 0. The van der Waals surface area contributed by atoms with Crippen molar-refractivity contribution in [1.29, 1.82) is 0 Å². The van der Waals surface area contributed by atoms with Crippen LogP contribution in [-0.2, 0) is 6.54 Å². The zero-order chi connectivity index (χ0) is 20.2. The van der Waals surface area contributed by atoms with Crippen LogP contribution in [-0.4, -0.2) is 47.5 Å². The van der Waals surface area contributed by atoms with Gasteiger partial charge in [-0.3, -0.25) is 4.79 Å². The molecule has 3 heterocycles. The first-order valence-corrected chi connectivity index (χ1v) is 10.8. The molecule has 0 spiro atoms. The summed E-state index contributed by atoms with van der Waals surface area (Å²) in [5.41, 5.74) is 8.64. The Labute approximate surface area is 174 Å². The van der Waals surface area contributed by atoms with Crippen LogP contribution in [0.1, 0.15) is 28.1 Å². The number of aromatic nitrogens is 2. The molecule has 29 heavy (non-hydrogen) atoms. The molecule has 7 nitrogen and oxygen atoms in total. The van der Waals surface area contributed by atoms with Gasteiger partial charge in [0, 0.05) is 24.7 Å². The molecule has 0 saturated carbocycles. The van der Waals surface area contributed by atoms with Gasteiger partial charge in [0.15, 0.2) is 0 Å². The van der Waals surface area contributed by atoms with E-state index in [-0.39, 0.29) is 5.91 Å². The molecule has 152 valence electrons. The SMILES string of the molecule is CN1CCC(CNc2ncsc2C(=O)NCc2ccc3c(N)nccc3c2)CC1. The number of hydrogen-bond donors (Lipinski definition) is 3. The Kier molecular flexibility index (Phi) is 5.92. The summed E-state index contributed by atoms with van der Waals surface area (Å²) in [5.74, 6) is 1.72. The number of hydrogen-bond acceptors (Lipinski definition) is 7. The largest absolute Gasteiger partial charge is 0.383 e. The van der Waals surface area contributed by atoms with Crippen molar-refractivity contribution >= 4 is 39.7 Å². The van der Waals surface area contributed by atoms with E-state index in [1.165, 1.54) is 24.2 Å². The Hall–Kier alpha value is -2.71. The van der Waals surface area contributed by atoms with Crippen LogP contribution in [0.15, 0.2) is 36.0 Å². The van der Waals surface area contributed by atoms with E-state index in [9.17, 15) is 4.79 Å². The van der Waals surface area contributed by atoms with Gasteiger partial charge < -0.3 is 21.3 Å². The van der Waals surface area contributed by atoms with Crippen molar-refractivity contribution in [2.75, 3.05) is 37.7 Å². The zero-order valence-corrected chi connectivity index (χ0v) is 17.3. The number of nitrogens with zero attached hydrogens (tertiary/aromatic N) is 3. The standard InChI is InChI=1S/C21H26N6OS/c1-27-8-5-14(6-9-27)11-24-20-18(29-13-26-20)21(28)25-12-15-2-3-17-16(10-15)4-7-23-19(17)22/h2-4,7,10,13-14,24H,5-6,8-9,11-12H2,1H3,(H2,22,23)(H,25,28). The summed E-state index contributed by atoms with van der Waals surface area (Å²) in [6.45, 7) is 3.57. The van der Waals surface area contributed by atoms with Crippen molar-refractivity contribution in [3.63, 3.8) is 0 Å². The first kappa shape index (κ1) is 19.6. The number of fused-ring (bicyclic) bond motifs is 1. The van der Waals surface area contributed by atoms with Gasteiger partial charge >= 0.3 is 0 Å². The number of rotatable bonds is 6. The van der Waals surface area contributed by atoms with Crippen molar-refractivity contribution < 1.29 is 4.79 Å². The molecule has 0 aliphatic carbocycles. The molecule has 4 rings (SSSR count). The summed E-state index contributed by atoms with van der Waals surface area (Å²) in [6.07, 6.45) is 4.05. The number of nitrogen functional groups attached to an aromatic ring is 1. The lowest BCUT2D eigenvalue weighted by molar-refractivity contribution is 0.0955. The van der Waals surface area contributed by atoms with E-state index in [1.807, 2.05) is 24.3 Å². The summed E-state index contributed by atoms with van der Waals surface area (Å²) in [5, 5.41) is 8.33. The molecular weight excluding hydrogens is 384 g/mol. The van der Waals surface area contributed by atoms with E-state index in [2.05, 4.69) is 32.5 Å². The van der Waals surface area contributed by atoms with Crippen molar-refractivity contribution in [3.8, 4) is 0 Å². The minimum atomic E-state index is -0.104. The normalized spacial score (nSPS) is 15.5. The minimum Gasteiger partial charge on any atom is -0.383 e. The molecule has 0 radical (unpaired) electrons. The Morgan fingerprint density at radius 1 is 1.28 bits per heavy atom. The second kappa shape index (κ2) is 8.75. The fourth-order valence-corrected chi connectivity index (χ4v) is 4.34. The van der Waals surface area contributed by atoms with Crippen LogP contribution in [0.5, 0.6) is 0 Å². The number of anilines is 2. The number of likely N-dealkylation sites (tertiary alicyclic amines) is 1. The van der Waals surface area contributed by atoms with Gasteiger partial charge in [-0.05, 0) is 62.0 Å². The Balaban J connectivity index is 1.35. The highest BCUT2D eigenvalue weighted by Gasteiger charge is 2.19. The molecule has 1 amide bonds. The van der Waals surface area contributed by atoms with Crippen LogP contribution in [0.3, 0.4) is 0 Å². The molecule has 0 unspecified atom stereocenters. The van der Waals surface area contributed by atoms with Gasteiger partial charge in [0.25, 0.3) is 5.91 Å². The molecular formula is C21H26N6OS. The first-order chi connectivity index (χ1) is 14.1. The fraction of sp³-hybridized carbons (Fsp3) is 0.381. The number of piperidine rings is 1. The maximum absolute atomic E-state index is 12.7. The quantitative estimate of drug-likeness (QED) is 0.578. The predicted octanol–water partition coefficient (Wildman–Crippen LogP) is 2.96. The lowest BCUT2D eigenvalue weighted by Crippen LogP contribution is -2.33. The topological polar surface area (TPSA) is 96.2 Å². The van der Waals surface area contributed by atoms with E-state index in [1.54, 1.807) is 11.7 Å². The Bertz CT molecular complexity index is 996. The van der Waals surface area contributed by atoms with Gasteiger partial charge in [0.2, 0.25) is 0 Å². The smallest absolute Gasteiger partial charge is 0.265 e. The number of nitrogens with one attached hydrogen (secondary N) is 2. The van der Waals surface area contributed by atoms with Crippen LogP contribution in [0.4, 0.5) is 11.6 Å². The van der Waals surface area contributed by atoms with Crippen molar-refractivity contribution in [3.05, 3.63) is 46.4 Å². The van der Waals surface area contributed by atoms with Crippen LogP contribution in [0.25, 0.3) is 10.8 Å². The lowest BCUT2D eigenvalue weighted by atomic mass is 9.97. The second-order valence-electron chi connectivity index (χ2n) is 7.59. The van der Waals surface area contributed by atoms with Gasteiger partial charge in [-0.15, -0.1) is 11.3 Å². The van der Waals surface area contributed by atoms with Gasteiger partial charge in [-0.2, -0.15) is 0 Å². The molecule has 1 aliphatic heterocycles. The van der Waals surface area contributed by atoms with Gasteiger partial charge in [-0.1, -0.05) is 12.1 Å². The monoisotopic (exact) mass is 410 g/mol. The average Bonchev–Trinajstić information content (AvgIpc) is 3.20. The van der Waals surface area contributed by atoms with Crippen molar-refractivity contribution in [1.82, 2.24) is 20.2 Å². The summed E-state index contributed by atoms with van der Waals surface area (Å²) >= 11 is 1.37. The Morgan fingerprint density at radius 3 is 2.93 bits per heavy atom. The number of pyridine rings is 1. The molecule has 0 bridgehead atoms. The highest BCUT2D eigenvalue weighted by molar-refractivity contribution is 7.12. The van der Waals surface area contributed by atoms with E-state index in [0.717, 1.165) is 36.0 Å². The summed E-state index contributed by atoms with van der Waals surface area (Å²) in [7, 11) is 2.16. The number of amides is 1. The number of benzene rings is 1. The second-order valence-corrected chi connectivity index (χ2v) is 8.45. The molecule has 0 atom stereocenters. The predicted molar refractivity (Wildman–Crippen MR) is 118 cm³/mol. The first-order valence-electron chi connectivity index (χ1n) is 9.87.